The second-order valence-corrected chi connectivity index (χ2v) is 6.28. The molecule has 2 rings (SSSR count). The van der Waals surface area contributed by atoms with Gasteiger partial charge in [-0.2, -0.15) is 0 Å². The molecule has 1 N–H and O–H groups in total. The van der Waals surface area contributed by atoms with Gasteiger partial charge in [0.2, 0.25) is 11.8 Å². The van der Waals surface area contributed by atoms with Gasteiger partial charge in [-0.15, -0.1) is 0 Å². The van der Waals surface area contributed by atoms with E-state index < -0.39 is 0 Å². The lowest BCUT2D eigenvalue weighted by Crippen LogP contribution is -2.34. The van der Waals surface area contributed by atoms with E-state index in [4.69, 9.17) is 16.3 Å². The van der Waals surface area contributed by atoms with E-state index in [9.17, 15) is 9.59 Å². The van der Waals surface area contributed by atoms with Crippen molar-refractivity contribution in [1.29, 1.82) is 0 Å². The highest BCUT2D eigenvalue weighted by molar-refractivity contribution is 6.30. The lowest BCUT2D eigenvalue weighted by atomic mass is 10.1. The van der Waals surface area contributed by atoms with Crippen molar-refractivity contribution in [2.75, 3.05) is 25.1 Å². The van der Waals surface area contributed by atoms with Crippen molar-refractivity contribution in [1.82, 2.24) is 5.32 Å². The van der Waals surface area contributed by atoms with Gasteiger partial charge in [0.05, 0.1) is 7.11 Å². The first-order valence-electron chi connectivity index (χ1n) is 8.43. The zero-order valence-electron chi connectivity index (χ0n) is 15.0. The molecule has 0 radical (unpaired) electrons. The van der Waals surface area contributed by atoms with Gasteiger partial charge in [0.25, 0.3) is 0 Å². The third kappa shape index (κ3) is 6.08. The molecular formula is C20H23ClN2O3. The Hall–Kier alpha value is -2.53. The lowest BCUT2D eigenvalue weighted by molar-refractivity contribution is -0.121. The van der Waals surface area contributed by atoms with Crippen molar-refractivity contribution in [3.63, 3.8) is 0 Å². The summed E-state index contributed by atoms with van der Waals surface area (Å²) in [6.07, 6.45) is 0.947. The van der Waals surface area contributed by atoms with Crippen molar-refractivity contribution in [2.45, 2.75) is 19.8 Å². The van der Waals surface area contributed by atoms with E-state index in [0.717, 1.165) is 17.0 Å². The summed E-state index contributed by atoms with van der Waals surface area (Å²) in [5.41, 5.74) is 1.81. The van der Waals surface area contributed by atoms with Crippen molar-refractivity contribution in [2.24, 2.45) is 0 Å². The Morgan fingerprint density at radius 1 is 1.15 bits per heavy atom. The van der Waals surface area contributed by atoms with Gasteiger partial charge < -0.3 is 15.0 Å². The van der Waals surface area contributed by atoms with E-state index in [-0.39, 0.29) is 18.2 Å². The van der Waals surface area contributed by atoms with Crippen molar-refractivity contribution >= 4 is 29.1 Å². The molecule has 138 valence electrons. The molecule has 0 saturated heterocycles. The molecule has 2 aromatic rings. The summed E-state index contributed by atoms with van der Waals surface area (Å²) in [6, 6.07) is 14.7. The van der Waals surface area contributed by atoms with Gasteiger partial charge in [0, 0.05) is 37.1 Å². The van der Waals surface area contributed by atoms with E-state index in [0.29, 0.717) is 24.5 Å². The maximum Gasteiger partial charge on any atom is 0.223 e. The minimum Gasteiger partial charge on any atom is -0.497 e. The van der Waals surface area contributed by atoms with Gasteiger partial charge in [-0.1, -0.05) is 23.7 Å². The first kappa shape index (κ1) is 19.8. The second-order valence-electron chi connectivity index (χ2n) is 5.85. The van der Waals surface area contributed by atoms with Gasteiger partial charge in [0.1, 0.15) is 5.75 Å². The van der Waals surface area contributed by atoms with Crippen LogP contribution in [0.1, 0.15) is 18.9 Å². The number of rotatable bonds is 8. The Morgan fingerprint density at radius 3 is 2.50 bits per heavy atom. The lowest BCUT2D eigenvalue weighted by Gasteiger charge is -2.21. The van der Waals surface area contributed by atoms with Crippen LogP contribution < -0.4 is 15.0 Å². The van der Waals surface area contributed by atoms with E-state index >= 15 is 0 Å². The van der Waals surface area contributed by atoms with Gasteiger partial charge >= 0.3 is 0 Å². The molecule has 2 aromatic carbocycles. The Bertz CT molecular complexity index is 747. The van der Waals surface area contributed by atoms with Gasteiger partial charge in [-0.25, -0.2) is 0 Å². The standard InChI is InChI=1S/C20H23ClN2O3/c1-15(24)23(18-6-8-19(26-2)9-7-18)13-11-20(25)22-12-10-16-4-3-5-17(21)14-16/h3-9,14H,10-13H2,1-2H3,(H,22,25). The van der Waals surface area contributed by atoms with Gasteiger partial charge in [-0.05, 0) is 48.4 Å². The number of carbonyl (C=O) groups excluding carboxylic acids is 2. The Labute approximate surface area is 158 Å². The number of anilines is 1. The number of hydrogen-bond acceptors (Lipinski definition) is 3. The van der Waals surface area contributed by atoms with E-state index in [2.05, 4.69) is 5.32 Å². The van der Waals surface area contributed by atoms with Crippen LogP contribution in [0, 0.1) is 0 Å². The average Bonchev–Trinajstić information content (AvgIpc) is 2.62. The quantitative estimate of drug-likeness (QED) is 0.769. The van der Waals surface area contributed by atoms with Crippen LogP contribution in [0.2, 0.25) is 5.02 Å². The molecule has 0 aliphatic heterocycles. The molecule has 0 spiro atoms. The monoisotopic (exact) mass is 374 g/mol. The molecule has 0 heterocycles. The maximum absolute atomic E-state index is 12.1. The zero-order chi connectivity index (χ0) is 18.9. The molecule has 0 fully saturated rings. The number of methoxy groups -OCH3 is 1. The van der Waals surface area contributed by atoms with Crippen LogP contribution in [0.5, 0.6) is 5.75 Å². The van der Waals surface area contributed by atoms with Crippen LogP contribution in [-0.4, -0.2) is 32.0 Å². The normalized spacial score (nSPS) is 10.3. The summed E-state index contributed by atoms with van der Waals surface area (Å²) >= 11 is 5.95. The summed E-state index contributed by atoms with van der Waals surface area (Å²) < 4.78 is 5.12. The predicted molar refractivity (Wildman–Crippen MR) is 104 cm³/mol. The molecule has 0 saturated carbocycles. The second kappa shape index (κ2) is 9.82. The van der Waals surface area contributed by atoms with Gasteiger partial charge in [0.15, 0.2) is 0 Å². The topological polar surface area (TPSA) is 58.6 Å². The van der Waals surface area contributed by atoms with Crippen molar-refractivity contribution < 1.29 is 14.3 Å². The third-order valence-corrected chi connectivity index (χ3v) is 4.19. The summed E-state index contributed by atoms with van der Waals surface area (Å²) in [7, 11) is 1.59. The fourth-order valence-corrected chi connectivity index (χ4v) is 2.78. The SMILES string of the molecule is COc1ccc(N(CCC(=O)NCCc2cccc(Cl)c2)C(C)=O)cc1. The molecular weight excluding hydrogens is 352 g/mol. The molecule has 6 heteroatoms. The number of amides is 2. The Balaban J connectivity index is 1.82. The molecule has 0 bridgehead atoms. The van der Waals surface area contributed by atoms with Crippen molar-refractivity contribution in [3.8, 4) is 5.75 Å². The van der Waals surface area contributed by atoms with Crippen LogP contribution in [0.15, 0.2) is 48.5 Å². The molecule has 0 aliphatic carbocycles. The van der Waals surface area contributed by atoms with Crippen LogP contribution in [0.4, 0.5) is 5.69 Å². The molecule has 26 heavy (non-hydrogen) atoms. The predicted octanol–water partition coefficient (Wildman–Crippen LogP) is 3.45. The molecule has 0 unspecified atom stereocenters. The molecule has 2 amide bonds. The number of nitrogens with one attached hydrogen (secondary N) is 1. The minimum absolute atomic E-state index is 0.0909. The van der Waals surface area contributed by atoms with E-state index in [1.807, 2.05) is 24.3 Å². The van der Waals surface area contributed by atoms with Crippen LogP contribution >= 0.6 is 11.6 Å². The molecule has 0 aromatic heterocycles. The van der Waals surface area contributed by atoms with Crippen LogP contribution in [-0.2, 0) is 16.0 Å². The summed E-state index contributed by atoms with van der Waals surface area (Å²) in [6.45, 7) is 2.34. The smallest absolute Gasteiger partial charge is 0.223 e. The highest BCUT2D eigenvalue weighted by Crippen LogP contribution is 2.19. The van der Waals surface area contributed by atoms with E-state index in [1.54, 1.807) is 36.3 Å². The first-order valence-corrected chi connectivity index (χ1v) is 8.80. The number of hydrogen-bond donors (Lipinski definition) is 1. The first-order chi connectivity index (χ1) is 12.5. The minimum atomic E-state index is -0.109. The number of benzene rings is 2. The molecule has 5 nitrogen and oxygen atoms in total. The summed E-state index contributed by atoms with van der Waals surface area (Å²) in [5.74, 6) is 0.518. The number of ether oxygens (including phenoxy) is 1. The fourth-order valence-electron chi connectivity index (χ4n) is 2.57. The van der Waals surface area contributed by atoms with E-state index in [1.165, 1.54) is 6.92 Å². The van der Waals surface area contributed by atoms with Crippen LogP contribution in [0.25, 0.3) is 0 Å². The summed E-state index contributed by atoms with van der Waals surface area (Å²) in [4.78, 5) is 25.5. The number of carbonyl (C=O) groups is 2. The highest BCUT2D eigenvalue weighted by atomic mass is 35.5. The summed E-state index contributed by atoms with van der Waals surface area (Å²) in [5, 5.41) is 3.56. The number of halogens is 1. The maximum atomic E-state index is 12.1. The molecule has 0 aliphatic rings. The molecule has 0 atom stereocenters. The third-order valence-electron chi connectivity index (χ3n) is 3.95. The largest absolute Gasteiger partial charge is 0.497 e. The van der Waals surface area contributed by atoms with Gasteiger partial charge in [-0.3, -0.25) is 9.59 Å². The Kier molecular flexibility index (Phi) is 7.48. The average molecular weight is 375 g/mol. The Morgan fingerprint density at radius 2 is 1.88 bits per heavy atom. The zero-order valence-corrected chi connectivity index (χ0v) is 15.8. The fraction of sp³-hybridized carbons (Fsp3) is 0.300. The van der Waals surface area contributed by atoms with Crippen molar-refractivity contribution in [3.05, 3.63) is 59.1 Å². The highest BCUT2D eigenvalue weighted by Gasteiger charge is 2.13. The number of nitrogens with zero attached hydrogens (tertiary/aromatic N) is 1. The van der Waals surface area contributed by atoms with Crippen LogP contribution in [0.3, 0.4) is 0 Å².